The Balaban J connectivity index is 1.86. The highest BCUT2D eigenvalue weighted by molar-refractivity contribution is 7.91. The number of fused-ring (bicyclic) bond motifs is 1. The second-order valence-electron chi connectivity index (χ2n) is 7.26. The number of hydrogen-bond donors (Lipinski definition) is 2. The molecule has 0 fully saturated rings. The van der Waals surface area contributed by atoms with E-state index < -0.39 is 21.0 Å². The van der Waals surface area contributed by atoms with E-state index in [0.29, 0.717) is 11.1 Å². The normalized spacial score (nSPS) is 11.7. The topological polar surface area (TPSA) is 120 Å². The second-order valence-corrected chi connectivity index (χ2v) is 9.82. The lowest BCUT2D eigenvalue weighted by Gasteiger charge is -2.12. The molecule has 0 heterocycles. The Morgan fingerprint density at radius 2 is 1.87 bits per heavy atom. The van der Waals surface area contributed by atoms with Gasteiger partial charge in [0.2, 0.25) is 0 Å². The summed E-state index contributed by atoms with van der Waals surface area (Å²) in [5.41, 5.74) is 4.00. The van der Waals surface area contributed by atoms with Crippen LogP contribution in [-0.2, 0) is 15.6 Å². The number of phenols is 1. The highest BCUT2D eigenvalue weighted by Gasteiger charge is 2.18. The van der Waals surface area contributed by atoms with Crippen LogP contribution >= 0.6 is 0 Å². The van der Waals surface area contributed by atoms with Gasteiger partial charge in [-0.15, -0.1) is 0 Å². The molecule has 31 heavy (non-hydrogen) atoms. The number of hydrogen-bond acceptors (Lipinski definition) is 6. The molecular formula is C23H21N3O4S. The van der Waals surface area contributed by atoms with E-state index in [1.165, 1.54) is 24.4 Å². The number of carbonyl (C=O) groups excluding carboxylic acids is 1. The lowest BCUT2D eigenvalue weighted by molar-refractivity contribution is 0.0955. The molecule has 7 nitrogen and oxygen atoms in total. The molecule has 3 rings (SSSR count). The fourth-order valence-electron chi connectivity index (χ4n) is 3.00. The number of phenolic OH excluding ortho intramolecular Hbond substituents is 1. The largest absolute Gasteiger partial charge is 0.507 e. The van der Waals surface area contributed by atoms with Gasteiger partial charge in [-0.1, -0.05) is 36.4 Å². The van der Waals surface area contributed by atoms with Crippen LogP contribution in [0.15, 0.2) is 59.7 Å². The van der Waals surface area contributed by atoms with Crippen LogP contribution in [-0.4, -0.2) is 30.9 Å². The number of carbonyl (C=O) groups is 1. The van der Waals surface area contributed by atoms with Gasteiger partial charge in [0, 0.05) is 11.1 Å². The van der Waals surface area contributed by atoms with Gasteiger partial charge < -0.3 is 5.11 Å². The average Bonchev–Trinajstić information content (AvgIpc) is 2.75. The first-order valence-electron chi connectivity index (χ1n) is 9.51. The second kappa shape index (κ2) is 8.98. The van der Waals surface area contributed by atoms with Gasteiger partial charge in [-0.05, 0) is 48.4 Å². The highest BCUT2D eigenvalue weighted by Crippen LogP contribution is 2.25. The molecule has 0 saturated heterocycles. The number of rotatable bonds is 6. The maximum absolute atomic E-state index is 12.4. The molecule has 0 radical (unpaired) electrons. The van der Waals surface area contributed by atoms with Gasteiger partial charge in [0.25, 0.3) is 5.91 Å². The van der Waals surface area contributed by atoms with Gasteiger partial charge in [0.1, 0.15) is 11.8 Å². The third-order valence-electron chi connectivity index (χ3n) is 4.87. The van der Waals surface area contributed by atoms with E-state index in [-0.39, 0.29) is 22.6 Å². The first-order valence-corrected chi connectivity index (χ1v) is 11.2. The Kier molecular flexibility index (Phi) is 6.37. The Labute approximate surface area is 180 Å². The minimum Gasteiger partial charge on any atom is -0.507 e. The summed E-state index contributed by atoms with van der Waals surface area (Å²) in [4.78, 5) is 12.3. The molecule has 0 aromatic heterocycles. The molecule has 3 aromatic rings. The Morgan fingerprint density at radius 3 is 2.55 bits per heavy atom. The van der Waals surface area contributed by atoms with Crippen molar-refractivity contribution in [1.82, 2.24) is 5.43 Å². The number of amides is 1. The van der Waals surface area contributed by atoms with Crippen LogP contribution in [0.3, 0.4) is 0 Å². The number of hydrazone groups is 1. The maximum Gasteiger partial charge on any atom is 0.271 e. The zero-order valence-corrected chi connectivity index (χ0v) is 17.8. The number of nitriles is 1. The summed E-state index contributed by atoms with van der Waals surface area (Å²) in [6.07, 6.45) is 1.48. The van der Waals surface area contributed by atoms with Crippen LogP contribution in [0.2, 0.25) is 0 Å². The molecule has 0 aliphatic carbocycles. The van der Waals surface area contributed by atoms with Gasteiger partial charge in [0.15, 0.2) is 9.84 Å². The van der Waals surface area contributed by atoms with Gasteiger partial charge >= 0.3 is 0 Å². The molecule has 2 N–H and O–H groups in total. The van der Waals surface area contributed by atoms with Crippen LogP contribution < -0.4 is 5.43 Å². The molecule has 0 unspecified atom stereocenters. The van der Waals surface area contributed by atoms with Crippen molar-refractivity contribution in [3.05, 3.63) is 76.9 Å². The monoisotopic (exact) mass is 435 g/mol. The molecule has 0 aliphatic rings. The fourth-order valence-corrected chi connectivity index (χ4v) is 4.02. The van der Waals surface area contributed by atoms with Crippen LogP contribution in [0.4, 0.5) is 0 Å². The van der Waals surface area contributed by atoms with Crippen molar-refractivity contribution in [1.29, 1.82) is 5.26 Å². The van der Waals surface area contributed by atoms with Crippen molar-refractivity contribution in [3.63, 3.8) is 0 Å². The molecule has 8 heteroatoms. The van der Waals surface area contributed by atoms with E-state index in [1.807, 2.05) is 30.3 Å². The number of benzene rings is 3. The van der Waals surface area contributed by atoms with Crippen molar-refractivity contribution in [3.8, 4) is 11.8 Å². The van der Waals surface area contributed by atoms with Gasteiger partial charge in [-0.2, -0.15) is 10.4 Å². The van der Waals surface area contributed by atoms with E-state index in [9.17, 15) is 18.3 Å². The molecule has 0 saturated carbocycles. The molecule has 1 amide bonds. The SMILES string of the molecule is CC(C)S(=O)(=O)Cc1ccc(/C=N/NC(=O)c2ccc(O)c(C#N)c2)c2ccccc12. The number of nitrogens with zero attached hydrogens (tertiary/aromatic N) is 2. The van der Waals surface area contributed by atoms with Crippen LogP contribution in [0.25, 0.3) is 10.8 Å². The third kappa shape index (κ3) is 4.90. The standard InChI is InChI=1S/C23H21N3O4S/c1-15(2)31(29,30)14-18-8-7-17(20-5-3-4-6-21(18)20)13-25-26-23(28)16-9-10-22(27)19(11-16)12-24/h3-11,13,15,27H,14H2,1-2H3,(H,26,28)/b25-13+. The minimum atomic E-state index is -3.25. The van der Waals surface area contributed by atoms with Crippen LogP contribution in [0.5, 0.6) is 5.75 Å². The van der Waals surface area contributed by atoms with Gasteiger partial charge in [-0.25, -0.2) is 13.8 Å². The summed E-state index contributed by atoms with van der Waals surface area (Å²) in [5.74, 6) is -0.785. The molecule has 0 aliphatic heterocycles. The average molecular weight is 436 g/mol. The van der Waals surface area contributed by atoms with Crippen molar-refractivity contribution < 1.29 is 18.3 Å². The minimum absolute atomic E-state index is 0.00503. The van der Waals surface area contributed by atoms with Gasteiger partial charge in [-0.3, -0.25) is 4.79 Å². The smallest absolute Gasteiger partial charge is 0.271 e. The fraction of sp³-hybridized carbons (Fsp3) is 0.174. The lowest BCUT2D eigenvalue weighted by atomic mass is 10.0. The summed E-state index contributed by atoms with van der Waals surface area (Å²) in [6.45, 7) is 3.32. The number of sulfone groups is 1. The van der Waals surface area contributed by atoms with E-state index in [4.69, 9.17) is 5.26 Å². The third-order valence-corrected chi connectivity index (χ3v) is 7.02. The summed E-state index contributed by atoms with van der Waals surface area (Å²) in [5, 5.41) is 23.6. The van der Waals surface area contributed by atoms with Crippen molar-refractivity contribution in [2.75, 3.05) is 0 Å². The molecule has 158 valence electrons. The molecule has 3 aromatic carbocycles. The zero-order valence-electron chi connectivity index (χ0n) is 17.0. The Hall–Kier alpha value is -3.70. The highest BCUT2D eigenvalue weighted by atomic mass is 32.2. The predicted molar refractivity (Wildman–Crippen MR) is 120 cm³/mol. The number of aromatic hydroxyl groups is 1. The molecular weight excluding hydrogens is 414 g/mol. The number of nitrogens with one attached hydrogen (secondary N) is 1. The summed E-state index contributed by atoms with van der Waals surface area (Å²) in [7, 11) is -3.25. The summed E-state index contributed by atoms with van der Waals surface area (Å²) in [6, 6.07) is 16.7. The lowest BCUT2D eigenvalue weighted by Crippen LogP contribution is -2.17. The van der Waals surface area contributed by atoms with E-state index >= 15 is 0 Å². The van der Waals surface area contributed by atoms with Crippen molar-refractivity contribution >= 4 is 32.7 Å². The van der Waals surface area contributed by atoms with E-state index in [1.54, 1.807) is 26.0 Å². The van der Waals surface area contributed by atoms with Crippen molar-refractivity contribution in [2.24, 2.45) is 5.10 Å². The van der Waals surface area contributed by atoms with Crippen molar-refractivity contribution in [2.45, 2.75) is 24.9 Å². The van der Waals surface area contributed by atoms with Gasteiger partial charge in [0.05, 0.1) is 22.8 Å². The maximum atomic E-state index is 12.4. The predicted octanol–water partition coefficient (Wildman–Crippen LogP) is 3.50. The first-order chi connectivity index (χ1) is 14.7. The van der Waals surface area contributed by atoms with E-state index in [0.717, 1.165) is 10.8 Å². The summed E-state index contributed by atoms with van der Waals surface area (Å²) < 4.78 is 24.7. The van der Waals surface area contributed by atoms with Crippen LogP contribution in [0.1, 0.15) is 40.9 Å². The Morgan fingerprint density at radius 1 is 1.16 bits per heavy atom. The first kappa shape index (κ1) is 22.0. The van der Waals surface area contributed by atoms with Crippen LogP contribution in [0, 0.1) is 11.3 Å². The zero-order chi connectivity index (χ0) is 22.6. The molecule has 0 bridgehead atoms. The summed E-state index contributed by atoms with van der Waals surface area (Å²) >= 11 is 0. The van der Waals surface area contributed by atoms with E-state index in [2.05, 4.69) is 10.5 Å². The molecule has 0 atom stereocenters. The molecule has 0 spiro atoms. The Bertz CT molecular complexity index is 1320. The quantitative estimate of drug-likeness (QED) is 0.454.